The average Bonchev–Trinajstić information content (AvgIpc) is 2.19. The highest BCUT2D eigenvalue weighted by Gasteiger charge is 2.19. The molecule has 0 radical (unpaired) electrons. The summed E-state index contributed by atoms with van der Waals surface area (Å²) in [7, 11) is 0.917. The van der Waals surface area contributed by atoms with E-state index in [9.17, 15) is 17.6 Å². The molecule has 0 aliphatic rings. The van der Waals surface area contributed by atoms with Crippen LogP contribution in [0.3, 0.4) is 0 Å². The van der Waals surface area contributed by atoms with Crippen molar-refractivity contribution < 1.29 is 22.3 Å². The summed E-state index contributed by atoms with van der Waals surface area (Å²) in [6.45, 7) is 4.00. The Labute approximate surface area is 79.3 Å². The van der Waals surface area contributed by atoms with Crippen LogP contribution in [0, 0.1) is 23.3 Å². The molecule has 0 unspecified atom stereocenters. The second-order valence-corrected chi connectivity index (χ2v) is 2.00. The zero-order chi connectivity index (χ0) is 11.3. The largest absolute Gasteiger partial charge is 0.491 e. The molecule has 1 aromatic rings. The van der Waals surface area contributed by atoms with Crippen LogP contribution in [0.1, 0.15) is 13.8 Å². The van der Waals surface area contributed by atoms with Crippen LogP contribution >= 0.6 is 0 Å². The van der Waals surface area contributed by atoms with Crippen molar-refractivity contribution in [2.75, 3.05) is 7.11 Å². The van der Waals surface area contributed by atoms with Crippen molar-refractivity contribution in [3.63, 3.8) is 0 Å². The first-order valence-electron chi connectivity index (χ1n) is 3.95. The minimum Gasteiger partial charge on any atom is -0.491 e. The first kappa shape index (κ1) is 12.7. The van der Waals surface area contributed by atoms with Gasteiger partial charge in [-0.05, 0) is 0 Å². The van der Waals surface area contributed by atoms with Crippen LogP contribution in [0.25, 0.3) is 0 Å². The van der Waals surface area contributed by atoms with Gasteiger partial charge in [-0.15, -0.1) is 0 Å². The molecule has 0 N–H and O–H groups in total. The third kappa shape index (κ3) is 2.37. The summed E-state index contributed by atoms with van der Waals surface area (Å²) in [5, 5.41) is 0. The lowest BCUT2D eigenvalue weighted by Crippen LogP contribution is -1.98. The van der Waals surface area contributed by atoms with Crippen molar-refractivity contribution in [2.45, 2.75) is 13.8 Å². The van der Waals surface area contributed by atoms with E-state index in [1.54, 1.807) is 0 Å². The van der Waals surface area contributed by atoms with Gasteiger partial charge < -0.3 is 4.74 Å². The summed E-state index contributed by atoms with van der Waals surface area (Å²) in [6.07, 6.45) is 0. The highest BCUT2D eigenvalue weighted by molar-refractivity contribution is 5.28. The van der Waals surface area contributed by atoms with Gasteiger partial charge in [0.05, 0.1) is 7.11 Å². The molecule has 14 heavy (non-hydrogen) atoms. The van der Waals surface area contributed by atoms with Crippen LogP contribution in [-0.4, -0.2) is 7.11 Å². The lowest BCUT2D eigenvalue weighted by molar-refractivity contribution is 0.332. The van der Waals surface area contributed by atoms with Crippen molar-refractivity contribution >= 4 is 0 Å². The molecule has 0 saturated carbocycles. The van der Waals surface area contributed by atoms with Crippen molar-refractivity contribution in [3.05, 3.63) is 29.3 Å². The molecule has 1 nitrogen and oxygen atoms in total. The zero-order valence-corrected chi connectivity index (χ0v) is 8.00. The molecule has 0 heterocycles. The number of benzene rings is 1. The standard InChI is InChI=1S/C7H4F4O.C2H6/c1-12-7-5(10)3(8)2-4(9)6(7)11;1-2/h2H,1H3;1-2H3. The number of halogens is 4. The van der Waals surface area contributed by atoms with Crippen molar-refractivity contribution in [1.29, 1.82) is 0 Å². The molecular weight excluding hydrogens is 200 g/mol. The number of ether oxygens (including phenoxy) is 1. The van der Waals surface area contributed by atoms with E-state index in [0.29, 0.717) is 0 Å². The SMILES string of the molecule is CC.COc1c(F)c(F)cc(F)c1F. The Kier molecular flexibility index (Phi) is 4.97. The van der Waals surface area contributed by atoms with Gasteiger partial charge in [-0.1, -0.05) is 13.8 Å². The van der Waals surface area contributed by atoms with Gasteiger partial charge in [0.25, 0.3) is 0 Å². The van der Waals surface area contributed by atoms with E-state index in [2.05, 4.69) is 4.74 Å². The highest BCUT2D eigenvalue weighted by atomic mass is 19.2. The van der Waals surface area contributed by atoms with Gasteiger partial charge in [0.1, 0.15) is 0 Å². The Morgan fingerprint density at radius 3 is 1.57 bits per heavy atom. The Morgan fingerprint density at radius 1 is 0.929 bits per heavy atom. The van der Waals surface area contributed by atoms with Crippen LogP contribution in [0.2, 0.25) is 0 Å². The Hall–Kier alpha value is -1.26. The van der Waals surface area contributed by atoms with Crippen LogP contribution in [0.15, 0.2) is 6.07 Å². The van der Waals surface area contributed by atoms with Crippen LogP contribution in [0.4, 0.5) is 17.6 Å². The van der Waals surface area contributed by atoms with Gasteiger partial charge in [0.2, 0.25) is 11.6 Å². The third-order valence-electron chi connectivity index (χ3n) is 1.28. The molecule has 0 spiro atoms. The lowest BCUT2D eigenvalue weighted by Gasteiger charge is -2.03. The maximum absolute atomic E-state index is 12.5. The molecule has 1 aromatic carbocycles. The third-order valence-corrected chi connectivity index (χ3v) is 1.28. The minimum absolute atomic E-state index is 0.118. The van der Waals surface area contributed by atoms with E-state index < -0.39 is 29.0 Å². The monoisotopic (exact) mass is 210 g/mol. The summed E-state index contributed by atoms with van der Waals surface area (Å²) in [4.78, 5) is 0. The second kappa shape index (κ2) is 5.47. The van der Waals surface area contributed by atoms with Crippen LogP contribution in [0.5, 0.6) is 5.75 Å². The van der Waals surface area contributed by atoms with E-state index in [1.807, 2.05) is 13.8 Å². The van der Waals surface area contributed by atoms with Crippen molar-refractivity contribution in [2.24, 2.45) is 0 Å². The number of hydrogen-bond acceptors (Lipinski definition) is 1. The second-order valence-electron chi connectivity index (χ2n) is 2.00. The quantitative estimate of drug-likeness (QED) is 0.510. The molecule has 0 amide bonds. The molecule has 0 aliphatic carbocycles. The van der Waals surface area contributed by atoms with Gasteiger partial charge in [-0.2, -0.15) is 8.78 Å². The van der Waals surface area contributed by atoms with E-state index in [1.165, 1.54) is 0 Å². The van der Waals surface area contributed by atoms with Crippen molar-refractivity contribution in [3.8, 4) is 5.75 Å². The average molecular weight is 210 g/mol. The summed E-state index contributed by atoms with van der Waals surface area (Å²) in [6, 6.07) is 0.118. The first-order valence-corrected chi connectivity index (χ1v) is 3.95. The normalized spacial score (nSPS) is 9.07. The molecule has 1 rings (SSSR count). The molecular formula is C9H10F4O. The molecule has 0 aliphatic heterocycles. The molecule has 5 heteroatoms. The maximum Gasteiger partial charge on any atom is 0.203 e. The predicted molar refractivity (Wildman–Crippen MR) is 44.2 cm³/mol. The topological polar surface area (TPSA) is 9.23 Å². The van der Waals surface area contributed by atoms with Gasteiger partial charge in [0.15, 0.2) is 17.4 Å². The van der Waals surface area contributed by atoms with Crippen molar-refractivity contribution in [1.82, 2.24) is 0 Å². The Balaban J connectivity index is 0.000000791. The fourth-order valence-electron chi connectivity index (χ4n) is 0.730. The molecule has 0 atom stereocenters. The lowest BCUT2D eigenvalue weighted by atomic mass is 10.3. The minimum atomic E-state index is -1.53. The molecule has 0 fully saturated rings. The Morgan fingerprint density at radius 2 is 1.29 bits per heavy atom. The van der Waals surface area contributed by atoms with E-state index in [0.717, 1.165) is 7.11 Å². The summed E-state index contributed by atoms with van der Waals surface area (Å²) >= 11 is 0. The van der Waals surface area contributed by atoms with E-state index in [4.69, 9.17) is 0 Å². The predicted octanol–water partition coefficient (Wildman–Crippen LogP) is 3.28. The van der Waals surface area contributed by atoms with Crippen LogP contribution in [-0.2, 0) is 0 Å². The fourth-order valence-corrected chi connectivity index (χ4v) is 0.730. The smallest absolute Gasteiger partial charge is 0.203 e. The fraction of sp³-hybridized carbons (Fsp3) is 0.333. The number of methoxy groups -OCH3 is 1. The number of hydrogen-bond donors (Lipinski definition) is 0. The molecule has 0 bridgehead atoms. The first-order chi connectivity index (χ1) is 6.57. The zero-order valence-electron chi connectivity index (χ0n) is 8.00. The van der Waals surface area contributed by atoms with Gasteiger partial charge in [-0.3, -0.25) is 0 Å². The number of rotatable bonds is 1. The van der Waals surface area contributed by atoms with Gasteiger partial charge >= 0.3 is 0 Å². The highest BCUT2D eigenvalue weighted by Crippen LogP contribution is 2.25. The Bertz CT molecular complexity index is 286. The van der Waals surface area contributed by atoms with E-state index in [-0.39, 0.29) is 6.07 Å². The van der Waals surface area contributed by atoms with Gasteiger partial charge in [0, 0.05) is 6.07 Å². The summed E-state index contributed by atoms with van der Waals surface area (Å²) in [5.41, 5.74) is 0. The van der Waals surface area contributed by atoms with Gasteiger partial charge in [-0.25, -0.2) is 8.78 Å². The molecule has 0 saturated heterocycles. The molecule has 0 aromatic heterocycles. The molecule has 80 valence electrons. The maximum atomic E-state index is 12.5. The van der Waals surface area contributed by atoms with E-state index >= 15 is 0 Å². The summed E-state index contributed by atoms with van der Waals surface area (Å²) in [5.74, 6) is -7.07. The summed E-state index contributed by atoms with van der Waals surface area (Å²) < 4.78 is 53.9. The van der Waals surface area contributed by atoms with Crippen LogP contribution < -0.4 is 4.74 Å².